The standard InChI is InChI=1S/C16H13FN2O5/c17-13-7-6-11(8-14(13)19(23)24)18-15(20)9-12(16(21)22)10-4-2-1-3-5-10/h1-8,12H,9H2,(H,18,20)(H,21,22)/p-1/t12-/m0/s1. The highest BCUT2D eigenvalue weighted by molar-refractivity contribution is 5.94. The summed E-state index contributed by atoms with van der Waals surface area (Å²) in [7, 11) is 0. The van der Waals surface area contributed by atoms with Crippen molar-refractivity contribution in [3.05, 3.63) is 70.0 Å². The Balaban J connectivity index is 2.13. The van der Waals surface area contributed by atoms with Gasteiger partial charge in [0.2, 0.25) is 11.7 Å². The number of nitro benzene ring substituents is 1. The number of carboxylic acid groups (broad SMARTS) is 1. The van der Waals surface area contributed by atoms with E-state index in [0.29, 0.717) is 5.56 Å². The van der Waals surface area contributed by atoms with Crippen LogP contribution >= 0.6 is 0 Å². The van der Waals surface area contributed by atoms with Crippen LogP contribution in [0.2, 0.25) is 0 Å². The van der Waals surface area contributed by atoms with E-state index in [2.05, 4.69) is 5.32 Å². The minimum Gasteiger partial charge on any atom is -0.549 e. The predicted octanol–water partition coefficient (Wildman–Crippen LogP) is 1.60. The molecule has 0 fully saturated rings. The first kappa shape index (κ1) is 17.1. The molecule has 0 aliphatic carbocycles. The van der Waals surface area contributed by atoms with Crippen molar-refractivity contribution in [1.29, 1.82) is 0 Å². The number of nitrogens with zero attached hydrogens (tertiary/aromatic N) is 1. The van der Waals surface area contributed by atoms with Gasteiger partial charge in [-0.2, -0.15) is 4.39 Å². The smallest absolute Gasteiger partial charge is 0.306 e. The van der Waals surface area contributed by atoms with E-state index in [4.69, 9.17) is 0 Å². The number of hydrogen-bond donors (Lipinski definition) is 1. The van der Waals surface area contributed by atoms with Crippen molar-refractivity contribution >= 4 is 23.3 Å². The SMILES string of the molecule is O=C(C[C@H](C(=O)[O-])c1ccccc1)Nc1ccc(F)c([N+](=O)[O-])c1. The van der Waals surface area contributed by atoms with Gasteiger partial charge in [0, 0.05) is 30.1 Å². The van der Waals surface area contributed by atoms with Crippen LogP contribution in [0.3, 0.4) is 0 Å². The Bertz CT molecular complexity index is 779. The van der Waals surface area contributed by atoms with Crippen LogP contribution in [-0.2, 0) is 9.59 Å². The van der Waals surface area contributed by atoms with Crippen LogP contribution in [-0.4, -0.2) is 16.8 Å². The van der Waals surface area contributed by atoms with Gasteiger partial charge in [-0.25, -0.2) is 0 Å². The fraction of sp³-hybridized carbons (Fsp3) is 0.125. The van der Waals surface area contributed by atoms with Gasteiger partial charge in [0.25, 0.3) is 0 Å². The summed E-state index contributed by atoms with van der Waals surface area (Å²) in [6.45, 7) is 0. The lowest BCUT2D eigenvalue weighted by Gasteiger charge is -2.18. The summed E-state index contributed by atoms with van der Waals surface area (Å²) in [6, 6.07) is 10.9. The van der Waals surface area contributed by atoms with E-state index in [1.165, 1.54) is 0 Å². The number of carbonyl (C=O) groups is 2. The molecule has 124 valence electrons. The third-order valence-electron chi connectivity index (χ3n) is 3.30. The summed E-state index contributed by atoms with van der Waals surface area (Å²) in [5, 5.41) is 24.2. The van der Waals surface area contributed by atoms with Crippen LogP contribution in [0.5, 0.6) is 0 Å². The van der Waals surface area contributed by atoms with Gasteiger partial charge in [-0.3, -0.25) is 14.9 Å². The first-order chi connectivity index (χ1) is 11.4. The van der Waals surface area contributed by atoms with E-state index < -0.39 is 40.6 Å². The molecule has 2 aromatic carbocycles. The van der Waals surface area contributed by atoms with Crippen LogP contribution in [0.1, 0.15) is 17.9 Å². The molecule has 0 heterocycles. The second kappa shape index (κ2) is 7.32. The predicted molar refractivity (Wildman–Crippen MR) is 80.5 cm³/mol. The molecule has 2 aromatic rings. The number of amides is 1. The molecule has 24 heavy (non-hydrogen) atoms. The maximum absolute atomic E-state index is 13.3. The molecular formula is C16H12FN2O5-. The number of rotatable bonds is 6. The number of nitro groups is 1. The zero-order chi connectivity index (χ0) is 17.7. The van der Waals surface area contributed by atoms with E-state index in [1.807, 2.05) is 0 Å². The summed E-state index contributed by atoms with van der Waals surface area (Å²) in [6.07, 6.45) is -0.419. The van der Waals surface area contributed by atoms with E-state index >= 15 is 0 Å². The summed E-state index contributed by atoms with van der Waals surface area (Å²) >= 11 is 0. The molecule has 0 saturated carbocycles. The number of nitrogens with one attached hydrogen (secondary N) is 1. The quantitative estimate of drug-likeness (QED) is 0.638. The topological polar surface area (TPSA) is 112 Å². The summed E-state index contributed by atoms with van der Waals surface area (Å²) in [5.41, 5.74) is -0.386. The highest BCUT2D eigenvalue weighted by Gasteiger charge is 2.19. The second-order valence-corrected chi connectivity index (χ2v) is 4.96. The molecule has 1 atom stereocenters. The number of carboxylic acids is 1. The van der Waals surface area contributed by atoms with Gasteiger partial charge in [0.1, 0.15) is 0 Å². The van der Waals surface area contributed by atoms with Crippen LogP contribution < -0.4 is 10.4 Å². The van der Waals surface area contributed by atoms with Gasteiger partial charge < -0.3 is 15.2 Å². The zero-order valence-corrected chi connectivity index (χ0v) is 12.3. The Morgan fingerprint density at radius 3 is 2.42 bits per heavy atom. The Labute approximate surface area is 135 Å². The Morgan fingerprint density at radius 2 is 1.83 bits per heavy atom. The minimum atomic E-state index is -1.42. The minimum absolute atomic E-state index is 0.00161. The van der Waals surface area contributed by atoms with Crippen molar-refractivity contribution in [2.45, 2.75) is 12.3 Å². The van der Waals surface area contributed by atoms with E-state index in [9.17, 15) is 29.2 Å². The lowest BCUT2D eigenvalue weighted by atomic mass is 9.95. The molecule has 0 unspecified atom stereocenters. The van der Waals surface area contributed by atoms with Crippen molar-refractivity contribution in [3.63, 3.8) is 0 Å². The monoisotopic (exact) mass is 331 g/mol. The molecule has 2 rings (SSSR count). The largest absolute Gasteiger partial charge is 0.549 e. The molecule has 0 aliphatic rings. The fourth-order valence-corrected chi connectivity index (χ4v) is 2.15. The van der Waals surface area contributed by atoms with Crippen molar-refractivity contribution < 1.29 is 24.0 Å². The normalized spacial score (nSPS) is 11.5. The molecule has 0 radical (unpaired) electrons. The fourth-order valence-electron chi connectivity index (χ4n) is 2.15. The Kier molecular flexibility index (Phi) is 5.20. The second-order valence-electron chi connectivity index (χ2n) is 4.96. The van der Waals surface area contributed by atoms with E-state index in [-0.39, 0.29) is 5.69 Å². The van der Waals surface area contributed by atoms with Crippen molar-refractivity contribution in [2.75, 3.05) is 5.32 Å². The van der Waals surface area contributed by atoms with Gasteiger partial charge in [0.05, 0.1) is 4.92 Å². The number of carbonyl (C=O) groups excluding carboxylic acids is 2. The number of aliphatic carboxylic acids is 1. The molecule has 8 heteroatoms. The maximum atomic E-state index is 13.3. The van der Waals surface area contributed by atoms with Gasteiger partial charge in [0.15, 0.2) is 0 Å². The third-order valence-corrected chi connectivity index (χ3v) is 3.30. The molecule has 0 aromatic heterocycles. The van der Waals surface area contributed by atoms with Crippen LogP contribution in [0, 0.1) is 15.9 Å². The molecule has 7 nitrogen and oxygen atoms in total. The van der Waals surface area contributed by atoms with Gasteiger partial charge in [-0.15, -0.1) is 0 Å². The molecule has 0 aliphatic heterocycles. The molecule has 0 bridgehead atoms. The first-order valence-corrected chi connectivity index (χ1v) is 6.88. The number of hydrogen-bond acceptors (Lipinski definition) is 5. The van der Waals surface area contributed by atoms with Crippen LogP contribution in [0.15, 0.2) is 48.5 Å². The van der Waals surface area contributed by atoms with E-state index in [1.54, 1.807) is 30.3 Å². The Morgan fingerprint density at radius 1 is 1.17 bits per heavy atom. The maximum Gasteiger partial charge on any atom is 0.306 e. The van der Waals surface area contributed by atoms with Crippen LogP contribution in [0.25, 0.3) is 0 Å². The highest BCUT2D eigenvalue weighted by Crippen LogP contribution is 2.23. The summed E-state index contributed by atoms with van der Waals surface area (Å²) < 4.78 is 13.3. The third kappa shape index (κ3) is 4.13. The number of anilines is 1. The van der Waals surface area contributed by atoms with Crippen molar-refractivity contribution in [3.8, 4) is 0 Å². The number of halogens is 1. The summed E-state index contributed by atoms with van der Waals surface area (Å²) in [5.74, 6) is -4.30. The Hall–Kier alpha value is -3.29. The zero-order valence-electron chi connectivity index (χ0n) is 12.3. The first-order valence-electron chi connectivity index (χ1n) is 6.88. The van der Waals surface area contributed by atoms with Gasteiger partial charge in [-0.1, -0.05) is 30.3 Å². The van der Waals surface area contributed by atoms with Crippen molar-refractivity contribution in [2.24, 2.45) is 0 Å². The highest BCUT2D eigenvalue weighted by atomic mass is 19.1. The lowest BCUT2D eigenvalue weighted by Crippen LogP contribution is -2.32. The van der Waals surface area contributed by atoms with Gasteiger partial charge in [-0.05, 0) is 17.7 Å². The average Bonchev–Trinajstić information content (AvgIpc) is 2.54. The van der Waals surface area contributed by atoms with Crippen molar-refractivity contribution in [1.82, 2.24) is 0 Å². The van der Waals surface area contributed by atoms with Gasteiger partial charge >= 0.3 is 5.69 Å². The summed E-state index contributed by atoms with van der Waals surface area (Å²) in [4.78, 5) is 33.0. The van der Waals surface area contributed by atoms with Crippen LogP contribution in [0.4, 0.5) is 15.8 Å². The molecular weight excluding hydrogens is 319 g/mol. The number of benzene rings is 2. The van der Waals surface area contributed by atoms with E-state index in [0.717, 1.165) is 18.2 Å². The average molecular weight is 331 g/mol. The molecule has 1 N–H and O–H groups in total. The molecule has 1 amide bonds. The molecule has 0 saturated heterocycles. The molecule has 0 spiro atoms. The lowest BCUT2D eigenvalue weighted by molar-refractivity contribution is -0.387.